The van der Waals surface area contributed by atoms with Gasteiger partial charge in [-0.2, -0.15) is 0 Å². The standard InChI is InChI=1S/C18H26N2O5/c1-18(2,3)25-17(22)20-10-8-19(9-11-20)13-6-7-14(16(21)24-5)15(12-13)23-4/h6-7,12H,8-11H2,1-5H3. The van der Waals surface area contributed by atoms with Crippen LogP contribution in [0.3, 0.4) is 0 Å². The minimum absolute atomic E-state index is 0.286. The summed E-state index contributed by atoms with van der Waals surface area (Å²) < 4.78 is 15.5. The summed E-state index contributed by atoms with van der Waals surface area (Å²) >= 11 is 0. The second-order valence-electron chi connectivity index (χ2n) is 6.83. The van der Waals surface area contributed by atoms with Crippen LogP contribution < -0.4 is 9.64 Å². The number of ether oxygens (including phenoxy) is 3. The van der Waals surface area contributed by atoms with Crippen molar-refractivity contribution < 1.29 is 23.8 Å². The summed E-state index contributed by atoms with van der Waals surface area (Å²) in [6.07, 6.45) is -0.286. The third kappa shape index (κ3) is 4.78. The lowest BCUT2D eigenvalue weighted by Gasteiger charge is -2.36. The number of carbonyl (C=O) groups excluding carboxylic acids is 2. The molecule has 0 atom stereocenters. The molecule has 2 rings (SSSR count). The van der Waals surface area contributed by atoms with E-state index in [4.69, 9.17) is 14.2 Å². The number of hydrogen-bond acceptors (Lipinski definition) is 6. The number of amides is 1. The Balaban J connectivity index is 2.03. The first kappa shape index (κ1) is 18.9. The summed E-state index contributed by atoms with van der Waals surface area (Å²) in [5.74, 6) is 0.0390. The van der Waals surface area contributed by atoms with Crippen molar-refractivity contribution in [3.8, 4) is 5.75 Å². The lowest BCUT2D eigenvalue weighted by molar-refractivity contribution is 0.0240. The highest BCUT2D eigenvalue weighted by molar-refractivity contribution is 5.93. The van der Waals surface area contributed by atoms with Crippen LogP contribution in [0.2, 0.25) is 0 Å². The molecular formula is C18H26N2O5. The molecule has 0 aliphatic carbocycles. The summed E-state index contributed by atoms with van der Waals surface area (Å²) in [5.41, 5.74) is 0.833. The molecule has 138 valence electrons. The van der Waals surface area contributed by atoms with Gasteiger partial charge in [-0.3, -0.25) is 0 Å². The first-order chi connectivity index (χ1) is 11.7. The highest BCUT2D eigenvalue weighted by atomic mass is 16.6. The first-order valence-corrected chi connectivity index (χ1v) is 8.24. The number of piperazine rings is 1. The molecule has 0 unspecified atom stereocenters. The van der Waals surface area contributed by atoms with Crippen LogP contribution in [-0.4, -0.2) is 63.0 Å². The number of carbonyl (C=O) groups is 2. The molecule has 7 nitrogen and oxygen atoms in total. The number of benzene rings is 1. The van der Waals surface area contributed by atoms with Crippen molar-refractivity contribution in [1.82, 2.24) is 4.90 Å². The van der Waals surface area contributed by atoms with Gasteiger partial charge in [-0.15, -0.1) is 0 Å². The molecule has 25 heavy (non-hydrogen) atoms. The summed E-state index contributed by atoms with van der Waals surface area (Å²) in [4.78, 5) is 27.7. The fourth-order valence-corrected chi connectivity index (χ4v) is 2.63. The predicted octanol–water partition coefficient (Wildman–Crippen LogP) is 2.54. The number of esters is 1. The summed E-state index contributed by atoms with van der Waals surface area (Å²) in [6.45, 7) is 8.09. The van der Waals surface area contributed by atoms with Crippen LogP contribution in [0.5, 0.6) is 5.75 Å². The largest absolute Gasteiger partial charge is 0.496 e. The zero-order chi connectivity index (χ0) is 18.6. The van der Waals surface area contributed by atoms with Crippen LogP contribution in [0.25, 0.3) is 0 Å². The van der Waals surface area contributed by atoms with E-state index in [9.17, 15) is 9.59 Å². The molecule has 1 saturated heterocycles. The number of anilines is 1. The predicted molar refractivity (Wildman–Crippen MR) is 94.4 cm³/mol. The lowest BCUT2D eigenvalue weighted by atomic mass is 10.1. The monoisotopic (exact) mass is 350 g/mol. The molecule has 0 bridgehead atoms. The van der Waals surface area contributed by atoms with E-state index >= 15 is 0 Å². The van der Waals surface area contributed by atoms with Crippen LogP contribution in [0.15, 0.2) is 18.2 Å². The fraction of sp³-hybridized carbons (Fsp3) is 0.556. The summed E-state index contributed by atoms with van der Waals surface area (Å²) in [7, 11) is 2.86. The van der Waals surface area contributed by atoms with Gasteiger partial charge in [0.1, 0.15) is 16.9 Å². The van der Waals surface area contributed by atoms with Gasteiger partial charge in [0.15, 0.2) is 0 Å². The third-order valence-corrected chi connectivity index (χ3v) is 3.89. The molecular weight excluding hydrogens is 324 g/mol. The van der Waals surface area contributed by atoms with Gasteiger partial charge in [0.25, 0.3) is 0 Å². The molecule has 1 aromatic rings. The van der Waals surface area contributed by atoms with E-state index in [2.05, 4.69) is 4.90 Å². The van der Waals surface area contributed by atoms with Gasteiger partial charge in [-0.25, -0.2) is 9.59 Å². The van der Waals surface area contributed by atoms with Crippen LogP contribution >= 0.6 is 0 Å². The molecule has 0 saturated carbocycles. The maximum Gasteiger partial charge on any atom is 0.410 e. The fourth-order valence-electron chi connectivity index (χ4n) is 2.63. The first-order valence-electron chi connectivity index (χ1n) is 8.24. The molecule has 1 amide bonds. The van der Waals surface area contributed by atoms with Crippen molar-refractivity contribution in [2.24, 2.45) is 0 Å². The Morgan fingerprint density at radius 3 is 2.20 bits per heavy atom. The van der Waals surface area contributed by atoms with Gasteiger partial charge in [0.2, 0.25) is 0 Å². The maximum absolute atomic E-state index is 12.1. The topological polar surface area (TPSA) is 68.3 Å². The number of hydrogen-bond donors (Lipinski definition) is 0. The Morgan fingerprint density at radius 1 is 1.04 bits per heavy atom. The van der Waals surface area contributed by atoms with Gasteiger partial charge in [-0.1, -0.05) is 0 Å². The molecule has 0 aromatic heterocycles. The quantitative estimate of drug-likeness (QED) is 0.781. The molecule has 0 radical (unpaired) electrons. The highest BCUT2D eigenvalue weighted by Crippen LogP contribution is 2.27. The zero-order valence-corrected chi connectivity index (χ0v) is 15.5. The summed E-state index contributed by atoms with van der Waals surface area (Å²) in [5, 5.41) is 0. The van der Waals surface area contributed by atoms with E-state index in [1.54, 1.807) is 11.0 Å². The van der Waals surface area contributed by atoms with Crippen molar-refractivity contribution in [3.05, 3.63) is 23.8 Å². The minimum atomic E-state index is -0.495. The number of methoxy groups -OCH3 is 2. The lowest BCUT2D eigenvalue weighted by Crippen LogP contribution is -2.50. The third-order valence-electron chi connectivity index (χ3n) is 3.89. The van der Waals surface area contributed by atoms with E-state index in [-0.39, 0.29) is 6.09 Å². The molecule has 7 heteroatoms. The smallest absolute Gasteiger partial charge is 0.410 e. The van der Waals surface area contributed by atoms with Gasteiger partial charge >= 0.3 is 12.1 Å². The van der Waals surface area contributed by atoms with Gasteiger partial charge < -0.3 is 24.0 Å². The van der Waals surface area contributed by atoms with E-state index < -0.39 is 11.6 Å². The molecule has 0 spiro atoms. The van der Waals surface area contributed by atoms with Crippen LogP contribution in [-0.2, 0) is 9.47 Å². The Kier molecular flexibility index (Phi) is 5.77. The maximum atomic E-state index is 12.1. The molecule has 1 aliphatic rings. The molecule has 0 N–H and O–H groups in total. The van der Waals surface area contributed by atoms with E-state index in [0.717, 1.165) is 5.69 Å². The van der Waals surface area contributed by atoms with Crippen molar-refractivity contribution in [2.45, 2.75) is 26.4 Å². The Hall–Kier alpha value is -2.44. The second-order valence-corrected chi connectivity index (χ2v) is 6.83. The van der Waals surface area contributed by atoms with Gasteiger partial charge in [0.05, 0.1) is 14.2 Å². The second kappa shape index (κ2) is 7.63. The zero-order valence-electron chi connectivity index (χ0n) is 15.5. The molecule has 1 fully saturated rings. The highest BCUT2D eigenvalue weighted by Gasteiger charge is 2.26. The minimum Gasteiger partial charge on any atom is -0.496 e. The van der Waals surface area contributed by atoms with Crippen molar-refractivity contribution >= 4 is 17.7 Å². The molecule has 1 aromatic carbocycles. The number of nitrogens with zero attached hydrogens (tertiary/aromatic N) is 2. The van der Waals surface area contributed by atoms with Gasteiger partial charge in [-0.05, 0) is 32.9 Å². The number of rotatable bonds is 3. The average Bonchev–Trinajstić information content (AvgIpc) is 2.59. The van der Waals surface area contributed by atoms with E-state index in [0.29, 0.717) is 37.5 Å². The average molecular weight is 350 g/mol. The van der Waals surface area contributed by atoms with E-state index in [1.807, 2.05) is 32.9 Å². The molecule has 1 aliphatic heterocycles. The Bertz CT molecular complexity index is 631. The van der Waals surface area contributed by atoms with Crippen LogP contribution in [0.1, 0.15) is 31.1 Å². The Morgan fingerprint density at radius 2 is 1.68 bits per heavy atom. The van der Waals surface area contributed by atoms with Crippen LogP contribution in [0, 0.1) is 0 Å². The SMILES string of the molecule is COC(=O)c1ccc(N2CCN(C(=O)OC(C)(C)C)CC2)cc1OC. The molecule has 1 heterocycles. The van der Waals surface area contributed by atoms with E-state index in [1.165, 1.54) is 14.2 Å². The normalized spacial score (nSPS) is 14.9. The van der Waals surface area contributed by atoms with Crippen molar-refractivity contribution in [2.75, 3.05) is 45.3 Å². The van der Waals surface area contributed by atoms with Crippen molar-refractivity contribution in [1.29, 1.82) is 0 Å². The summed E-state index contributed by atoms with van der Waals surface area (Å²) in [6, 6.07) is 5.37. The van der Waals surface area contributed by atoms with Gasteiger partial charge in [0, 0.05) is 37.9 Å². The van der Waals surface area contributed by atoms with Crippen molar-refractivity contribution in [3.63, 3.8) is 0 Å². The van der Waals surface area contributed by atoms with Crippen LogP contribution in [0.4, 0.5) is 10.5 Å². The Labute approximate surface area is 148 Å².